The van der Waals surface area contributed by atoms with E-state index in [1.54, 1.807) is 0 Å². The number of ether oxygens (including phenoxy) is 2. The summed E-state index contributed by atoms with van der Waals surface area (Å²) >= 11 is 0. The van der Waals surface area contributed by atoms with E-state index in [4.69, 9.17) is 9.47 Å². The number of fused-ring (bicyclic) bond motifs is 1. The van der Waals surface area contributed by atoms with Crippen LogP contribution in [-0.4, -0.2) is 55.9 Å². The van der Waals surface area contributed by atoms with Crippen molar-refractivity contribution in [2.75, 3.05) is 44.7 Å². The second kappa shape index (κ2) is 5.65. The molecular formula is C17H22N2O3. The lowest BCUT2D eigenvalue weighted by Gasteiger charge is -2.37. The Morgan fingerprint density at radius 1 is 1.23 bits per heavy atom. The van der Waals surface area contributed by atoms with E-state index in [0.717, 1.165) is 44.5 Å². The quantitative estimate of drug-likeness (QED) is 0.861. The van der Waals surface area contributed by atoms with E-state index in [-0.39, 0.29) is 11.6 Å². The number of carbonyl (C=O) groups excluding carboxylic acids is 1. The fourth-order valence-corrected chi connectivity index (χ4v) is 3.61. The molecule has 1 N–H and O–H groups in total. The van der Waals surface area contributed by atoms with Gasteiger partial charge in [0.15, 0.2) is 11.6 Å². The Morgan fingerprint density at radius 2 is 2.00 bits per heavy atom. The summed E-state index contributed by atoms with van der Waals surface area (Å²) in [6.45, 7) is 4.57. The van der Waals surface area contributed by atoms with E-state index >= 15 is 0 Å². The number of piperidine rings is 1. The predicted molar refractivity (Wildman–Crippen MR) is 83.3 cm³/mol. The van der Waals surface area contributed by atoms with Crippen molar-refractivity contribution in [1.29, 1.82) is 0 Å². The average Bonchev–Trinajstić information content (AvgIpc) is 3.18. The third-order valence-corrected chi connectivity index (χ3v) is 4.94. The highest BCUT2D eigenvalue weighted by atomic mass is 16.7. The van der Waals surface area contributed by atoms with Crippen molar-refractivity contribution in [2.24, 2.45) is 0 Å². The summed E-state index contributed by atoms with van der Waals surface area (Å²) in [5, 5.41) is 3.33. The molecule has 0 amide bonds. The molecule has 3 aliphatic heterocycles. The molecule has 0 aliphatic carbocycles. The van der Waals surface area contributed by atoms with E-state index in [1.807, 2.05) is 18.2 Å². The number of carbonyl (C=O) groups is 1. The van der Waals surface area contributed by atoms with Crippen molar-refractivity contribution in [3.63, 3.8) is 0 Å². The van der Waals surface area contributed by atoms with Gasteiger partial charge in [0.25, 0.3) is 0 Å². The van der Waals surface area contributed by atoms with Crippen LogP contribution in [-0.2, 0) is 15.9 Å². The van der Waals surface area contributed by atoms with Gasteiger partial charge in [-0.15, -0.1) is 0 Å². The summed E-state index contributed by atoms with van der Waals surface area (Å²) in [6.07, 6.45) is 2.72. The molecule has 0 saturated carbocycles. The first-order valence-electron chi connectivity index (χ1n) is 8.14. The zero-order valence-electron chi connectivity index (χ0n) is 12.8. The van der Waals surface area contributed by atoms with Crippen LogP contribution in [0.1, 0.15) is 28.8 Å². The van der Waals surface area contributed by atoms with Crippen molar-refractivity contribution >= 4 is 11.5 Å². The van der Waals surface area contributed by atoms with Crippen LogP contribution in [0.2, 0.25) is 0 Å². The Kier molecular flexibility index (Phi) is 3.64. The van der Waals surface area contributed by atoms with Gasteiger partial charge in [-0.25, -0.2) is 0 Å². The van der Waals surface area contributed by atoms with Gasteiger partial charge < -0.3 is 14.8 Å². The zero-order chi connectivity index (χ0) is 15.0. The number of Topliss-reactive ketones (excluding diaryl/α,β-unsaturated/α-hetero) is 1. The Balaban J connectivity index is 1.36. The van der Waals surface area contributed by atoms with E-state index in [0.29, 0.717) is 19.8 Å². The van der Waals surface area contributed by atoms with Crippen LogP contribution >= 0.6 is 0 Å². The highest BCUT2D eigenvalue weighted by molar-refractivity contribution is 5.98. The van der Waals surface area contributed by atoms with E-state index in [2.05, 4.69) is 10.2 Å². The van der Waals surface area contributed by atoms with Crippen LogP contribution in [0, 0.1) is 0 Å². The van der Waals surface area contributed by atoms with Gasteiger partial charge in [0, 0.05) is 43.7 Å². The van der Waals surface area contributed by atoms with Gasteiger partial charge in [0.1, 0.15) is 0 Å². The fourth-order valence-electron chi connectivity index (χ4n) is 3.61. The number of anilines is 1. The minimum absolute atomic E-state index is 0.207. The molecule has 1 spiro atoms. The van der Waals surface area contributed by atoms with E-state index < -0.39 is 0 Å². The Morgan fingerprint density at radius 3 is 2.77 bits per heavy atom. The Bertz CT molecular complexity index is 571. The van der Waals surface area contributed by atoms with Crippen molar-refractivity contribution in [1.82, 2.24) is 4.90 Å². The summed E-state index contributed by atoms with van der Waals surface area (Å²) in [5.74, 6) is -0.155. The Labute approximate surface area is 130 Å². The molecule has 1 aromatic rings. The number of nitrogens with one attached hydrogen (secondary N) is 1. The third-order valence-electron chi connectivity index (χ3n) is 4.94. The van der Waals surface area contributed by atoms with Gasteiger partial charge in [0.05, 0.1) is 19.8 Å². The van der Waals surface area contributed by atoms with Crippen molar-refractivity contribution < 1.29 is 14.3 Å². The van der Waals surface area contributed by atoms with Crippen LogP contribution in [0.15, 0.2) is 18.2 Å². The molecule has 22 heavy (non-hydrogen) atoms. The first kappa shape index (κ1) is 14.2. The molecule has 0 atom stereocenters. The molecule has 0 unspecified atom stereocenters. The normalized spacial score (nSPS) is 23.5. The molecule has 5 heteroatoms. The molecule has 0 aromatic heterocycles. The van der Waals surface area contributed by atoms with Crippen molar-refractivity contribution in [3.8, 4) is 0 Å². The summed E-state index contributed by atoms with van der Waals surface area (Å²) in [6, 6.07) is 6.02. The standard InChI is InChI=1S/C17H22N2O3/c20-16(14-1-2-15-13(11-14)3-6-18-15)12-19-7-4-17(5-8-19)21-9-10-22-17/h1-2,11,18H,3-10,12H2. The highest BCUT2D eigenvalue weighted by Gasteiger charge is 2.39. The van der Waals surface area contributed by atoms with Gasteiger partial charge in [-0.2, -0.15) is 0 Å². The number of hydrogen-bond acceptors (Lipinski definition) is 5. The molecule has 3 heterocycles. The Hall–Kier alpha value is -1.43. The maximum absolute atomic E-state index is 12.5. The summed E-state index contributed by atoms with van der Waals surface area (Å²) < 4.78 is 11.5. The summed E-state index contributed by atoms with van der Waals surface area (Å²) in [7, 11) is 0. The molecule has 0 bridgehead atoms. The maximum atomic E-state index is 12.5. The number of likely N-dealkylation sites (tertiary alicyclic amines) is 1. The molecule has 2 fully saturated rings. The molecule has 3 aliphatic rings. The average molecular weight is 302 g/mol. The highest BCUT2D eigenvalue weighted by Crippen LogP contribution is 2.31. The number of nitrogens with zero attached hydrogens (tertiary/aromatic N) is 1. The second-order valence-electron chi connectivity index (χ2n) is 6.36. The van der Waals surface area contributed by atoms with Crippen LogP contribution in [0.3, 0.4) is 0 Å². The molecule has 118 valence electrons. The van der Waals surface area contributed by atoms with E-state index in [1.165, 1.54) is 11.3 Å². The lowest BCUT2D eigenvalue weighted by Crippen LogP contribution is -2.46. The summed E-state index contributed by atoms with van der Waals surface area (Å²) in [5.41, 5.74) is 3.26. The van der Waals surface area contributed by atoms with Crippen LogP contribution in [0.25, 0.3) is 0 Å². The molecule has 1 aromatic carbocycles. The van der Waals surface area contributed by atoms with Gasteiger partial charge in [0.2, 0.25) is 0 Å². The van der Waals surface area contributed by atoms with Gasteiger partial charge in [-0.1, -0.05) is 0 Å². The largest absolute Gasteiger partial charge is 0.384 e. The predicted octanol–water partition coefficient (Wildman–Crippen LogP) is 1.68. The zero-order valence-corrected chi connectivity index (χ0v) is 12.8. The van der Waals surface area contributed by atoms with Crippen molar-refractivity contribution in [3.05, 3.63) is 29.3 Å². The first-order chi connectivity index (χ1) is 10.7. The fraction of sp³-hybridized carbons (Fsp3) is 0.588. The van der Waals surface area contributed by atoms with Crippen LogP contribution < -0.4 is 5.32 Å². The minimum Gasteiger partial charge on any atom is -0.384 e. The second-order valence-corrected chi connectivity index (χ2v) is 6.36. The number of ketones is 1. The minimum atomic E-state index is -0.362. The smallest absolute Gasteiger partial charge is 0.176 e. The van der Waals surface area contributed by atoms with Crippen LogP contribution in [0.5, 0.6) is 0 Å². The van der Waals surface area contributed by atoms with Gasteiger partial charge >= 0.3 is 0 Å². The van der Waals surface area contributed by atoms with Gasteiger partial charge in [-0.3, -0.25) is 9.69 Å². The molecule has 4 rings (SSSR count). The summed E-state index contributed by atoms with van der Waals surface area (Å²) in [4.78, 5) is 14.7. The lowest BCUT2D eigenvalue weighted by atomic mass is 10.0. The third kappa shape index (κ3) is 2.64. The molecular weight excluding hydrogens is 280 g/mol. The maximum Gasteiger partial charge on any atom is 0.176 e. The molecule has 5 nitrogen and oxygen atoms in total. The number of benzene rings is 1. The molecule has 2 saturated heterocycles. The number of hydrogen-bond donors (Lipinski definition) is 1. The topological polar surface area (TPSA) is 50.8 Å². The monoisotopic (exact) mass is 302 g/mol. The number of rotatable bonds is 3. The first-order valence-corrected chi connectivity index (χ1v) is 8.14. The SMILES string of the molecule is O=C(CN1CCC2(CC1)OCCO2)c1ccc2c(c1)CCN2. The molecule has 0 radical (unpaired) electrons. The van der Waals surface area contributed by atoms with Crippen molar-refractivity contribution in [2.45, 2.75) is 25.0 Å². The van der Waals surface area contributed by atoms with Crippen LogP contribution in [0.4, 0.5) is 5.69 Å². The van der Waals surface area contributed by atoms with Gasteiger partial charge in [-0.05, 0) is 30.2 Å². The van der Waals surface area contributed by atoms with E-state index in [9.17, 15) is 4.79 Å². The lowest BCUT2D eigenvalue weighted by molar-refractivity contribution is -0.184.